The minimum Gasteiger partial charge on any atom is -0.341 e. The number of amides is 2. The second-order valence-electron chi connectivity index (χ2n) is 4.07. The fourth-order valence-corrected chi connectivity index (χ4v) is 2.25. The van der Waals surface area contributed by atoms with Crippen molar-refractivity contribution in [3.05, 3.63) is 41.4 Å². The molecule has 2 amide bonds. The van der Waals surface area contributed by atoms with Gasteiger partial charge in [-0.25, -0.2) is 0 Å². The minimum absolute atomic E-state index is 0.164. The molecule has 0 spiro atoms. The van der Waals surface area contributed by atoms with E-state index in [-0.39, 0.29) is 11.8 Å². The Labute approximate surface area is 110 Å². The predicted molar refractivity (Wildman–Crippen MR) is 70.6 cm³/mol. The van der Waals surface area contributed by atoms with Gasteiger partial charge in [0.15, 0.2) is 0 Å². The zero-order chi connectivity index (χ0) is 13.3. The van der Waals surface area contributed by atoms with Crippen molar-refractivity contribution in [2.24, 2.45) is 0 Å². The van der Waals surface area contributed by atoms with Gasteiger partial charge in [-0.2, -0.15) is 0 Å². The van der Waals surface area contributed by atoms with Gasteiger partial charge in [0.1, 0.15) is 6.04 Å². The highest BCUT2D eigenvalue weighted by Gasteiger charge is 2.37. The molecule has 0 radical (unpaired) electrons. The molecule has 1 atom stereocenters. The first-order valence-electron chi connectivity index (χ1n) is 5.53. The SMILES string of the molecule is C=CCN1C(=O)C(NC(C)=O)c2cc(Cl)ccc21. The molecule has 1 heterocycles. The minimum atomic E-state index is -0.656. The summed E-state index contributed by atoms with van der Waals surface area (Å²) < 4.78 is 0. The van der Waals surface area contributed by atoms with Crippen molar-refractivity contribution in [1.82, 2.24) is 5.32 Å². The van der Waals surface area contributed by atoms with E-state index in [2.05, 4.69) is 11.9 Å². The second kappa shape index (κ2) is 4.82. The van der Waals surface area contributed by atoms with Crippen LogP contribution in [0.2, 0.25) is 5.02 Å². The second-order valence-corrected chi connectivity index (χ2v) is 4.51. The van der Waals surface area contributed by atoms with Crippen LogP contribution in [-0.4, -0.2) is 18.4 Å². The van der Waals surface area contributed by atoms with Gasteiger partial charge in [-0.1, -0.05) is 17.7 Å². The number of nitrogens with one attached hydrogen (secondary N) is 1. The topological polar surface area (TPSA) is 49.4 Å². The van der Waals surface area contributed by atoms with E-state index in [0.29, 0.717) is 11.6 Å². The maximum atomic E-state index is 12.2. The van der Waals surface area contributed by atoms with E-state index in [4.69, 9.17) is 11.6 Å². The lowest BCUT2D eigenvalue weighted by atomic mass is 10.1. The molecule has 94 valence electrons. The Hall–Kier alpha value is -1.81. The van der Waals surface area contributed by atoms with Crippen LogP contribution in [0.25, 0.3) is 0 Å². The number of anilines is 1. The smallest absolute Gasteiger partial charge is 0.254 e. The van der Waals surface area contributed by atoms with E-state index < -0.39 is 6.04 Å². The molecule has 1 aromatic rings. The Kier molecular flexibility index (Phi) is 3.39. The lowest BCUT2D eigenvalue weighted by molar-refractivity contribution is -0.126. The molecule has 0 saturated carbocycles. The van der Waals surface area contributed by atoms with Crippen molar-refractivity contribution >= 4 is 29.1 Å². The molecule has 0 aliphatic carbocycles. The Balaban J connectivity index is 2.46. The molecule has 1 N–H and O–H groups in total. The van der Waals surface area contributed by atoms with Gasteiger partial charge in [0.05, 0.1) is 0 Å². The first-order valence-corrected chi connectivity index (χ1v) is 5.91. The van der Waals surface area contributed by atoms with E-state index in [1.807, 2.05) is 0 Å². The molecule has 1 unspecified atom stereocenters. The number of hydrogen-bond donors (Lipinski definition) is 1. The summed E-state index contributed by atoms with van der Waals surface area (Å²) in [6.07, 6.45) is 1.65. The third kappa shape index (κ3) is 2.11. The summed E-state index contributed by atoms with van der Waals surface area (Å²) in [6, 6.07) is 4.55. The Morgan fingerprint density at radius 2 is 2.33 bits per heavy atom. The van der Waals surface area contributed by atoms with Gasteiger partial charge in [-0.15, -0.1) is 6.58 Å². The van der Waals surface area contributed by atoms with Crippen LogP contribution in [0.1, 0.15) is 18.5 Å². The molecule has 0 fully saturated rings. The van der Waals surface area contributed by atoms with Gasteiger partial charge in [-0.05, 0) is 18.2 Å². The highest BCUT2D eigenvalue weighted by atomic mass is 35.5. The van der Waals surface area contributed by atoms with Crippen molar-refractivity contribution < 1.29 is 9.59 Å². The summed E-state index contributed by atoms with van der Waals surface area (Å²) >= 11 is 5.94. The zero-order valence-corrected chi connectivity index (χ0v) is 10.7. The number of nitrogens with zero attached hydrogens (tertiary/aromatic N) is 1. The number of fused-ring (bicyclic) bond motifs is 1. The fourth-order valence-electron chi connectivity index (χ4n) is 2.07. The van der Waals surface area contributed by atoms with Crippen molar-refractivity contribution in [2.45, 2.75) is 13.0 Å². The Morgan fingerprint density at radius 3 is 2.94 bits per heavy atom. The summed E-state index contributed by atoms with van der Waals surface area (Å²) in [5.74, 6) is -0.415. The van der Waals surface area contributed by atoms with Crippen LogP contribution in [0, 0.1) is 0 Å². The van der Waals surface area contributed by atoms with E-state index in [0.717, 1.165) is 11.3 Å². The lowest BCUT2D eigenvalue weighted by Gasteiger charge is -2.15. The van der Waals surface area contributed by atoms with Gasteiger partial charge in [0, 0.05) is 29.7 Å². The Morgan fingerprint density at radius 1 is 1.61 bits per heavy atom. The number of carbonyl (C=O) groups excluding carboxylic acids is 2. The molecule has 1 aliphatic heterocycles. The maximum absolute atomic E-state index is 12.2. The molecule has 5 heteroatoms. The van der Waals surface area contributed by atoms with Crippen molar-refractivity contribution in [1.29, 1.82) is 0 Å². The van der Waals surface area contributed by atoms with Crippen LogP contribution in [0.5, 0.6) is 0 Å². The molecule has 0 aromatic heterocycles. The van der Waals surface area contributed by atoms with Crippen LogP contribution in [0.4, 0.5) is 5.69 Å². The highest BCUT2D eigenvalue weighted by molar-refractivity contribution is 6.31. The van der Waals surface area contributed by atoms with Gasteiger partial charge in [0.2, 0.25) is 5.91 Å². The number of carbonyl (C=O) groups is 2. The van der Waals surface area contributed by atoms with E-state index in [1.54, 1.807) is 29.2 Å². The van der Waals surface area contributed by atoms with Gasteiger partial charge in [-0.3, -0.25) is 9.59 Å². The molecular weight excluding hydrogens is 252 g/mol. The molecule has 0 bridgehead atoms. The molecule has 1 aliphatic rings. The normalized spacial score (nSPS) is 17.6. The van der Waals surface area contributed by atoms with Crippen LogP contribution in [0.15, 0.2) is 30.9 Å². The number of benzene rings is 1. The Bertz CT molecular complexity index is 528. The van der Waals surface area contributed by atoms with Crippen LogP contribution in [0.3, 0.4) is 0 Å². The van der Waals surface area contributed by atoms with E-state index in [1.165, 1.54) is 6.92 Å². The molecular formula is C13H13ClN2O2. The first-order chi connectivity index (χ1) is 8.54. The first kappa shape index (κ1) is 12.6. The standard InChI is InChI=1S/C13H13ClN2O2/c1-3-6-16-11-5-4-9(14)7-10(11)12(13(16)18)15-8(2)17/h3-5,7,12H,1,6H2,2H3,(H,15,17). The average Bonchev–Trinajstić information content (AvgIpc) is 2.54. The molecule has 2 rings (SSSR count). The summed E-state index contributed by atoms with van der Waals surface area (Å²) in [6.45, 7) is 5.42. The zero-order valence-electron chi connectivity index (χ0n) is 9.94. The summed E-state index contributed by atoms with van der Waals surface area (Å²) in [5, 5.41) is 3.18. The van der Waals surface area contributed by atoms with Gasteiger partial charge < -0.3 is 10.2 Å². The quantitative estimate of drug-likeness (QED) is 0.850. The summed E-state index contributed by atoms with van der Waals surface area (Å²) in [4.78, 5) is 25.0. The average molecular weight is 265 g/mol. The largest absolute Gasteiger partial charge is 0.341 e. The molecule has 0 saturated heterocycles. The summed E-state index contributed by atoms with van der Waals surface area (Å²) in [5.41, 5.74) is 1.49. The maximum Gasteiger partial charge on any atom is 0.254 e. The van der Waals surface area contributed by atoms with E-state index >= 15 is 0 Å². The van der Waals surface area contributed by atoms with Crippen LogP contribution < -0.4 is 10.2 Å². The molecule has 18 heavy (non-hydrogen) atoms. The molecule has 4 nitrogen and oxygen atoms in total. The predicted octanol–water partition coefficient (Wildman–Crippen LogP) is 2.05. The van der Waals surface area contributed by atoms with Crippen molar-refractivity contribution in [3.8, 4) is 0 Å². The van der Waals surface area contributed by atoms with Crippen molar-refractivity contribution in [2.75, 3.05) is 11.4 Å². The monoisotopic (exact) mass is 264 g/mol. The number of halogens is 1. The lowest BCUT2D eigenvalue weighted by Crippen LogP contribution is -2.36. The highest BCUT2D eigenvalue weighted by Crippen LogP contribution is 2.37. The van der Waals surface area contributed by atoms with Crippen LogP contribution in [-0.2, 0) is 9.59 Å². The third-order valence-electron chi connectivity index (χ3n) is 2.76. The van der Waals surface area contributed by atoms with Crippen molar-refractivity contribution in [3.63, 3.8) is 0 Å². The number of hydrogen-bond acceptors (Lipinski definition) is 2. The van der Waals surface area contributed by atoms with Gasteiger partial charge in [0.25, 0.3) is 5.91 Å². The number of rotatable bonds is 3. The van der Waals surface area contributed by atoms with E-state index in [9.17, 15) is 9.59 Å². The van der Waals surface area contributed by atoms with Gasteiger partial charge >= 0.3 is 0 Å². The fraction of sp³-hybridized carbons (Fsp3) is 0.231. The third-order valence-corrected chi connectivity index (χ3v) is 3.00. The summed E-state index contributed by atoms with van der Waals surface area (Å²) in [7, 11) is 0. The molecule has 1 aromatic carbocycles. The van der Waals surface area contributed by atoms with Crippen LogP contribution >= 0.6 is 11.6 Å².